The Kier molecular flexibility index (Phi) is 11.5. The molecule has 0 unspecified atom stereocenters. The normalized spacial score (nSPS) is 17.2. The van der Waals surface area contributed by atoms with Crippen LogP contribution in [0.1, 0.15) is 40.9 Å². The average molecular weight is 700 g/mol. The SMILES string of the molecule is Cc1ccc(S(=O)(=O)Nc2ccc3c(c2)CC(=O)N([C@H](C)CO)C[C@@H](C)[C@@H](CN(C)Cc2ccc(C(=O)Nc4ccccc4N)cc2)O3)cc1. The molecule has 0 saturated carbocycles. The Hall–Kier alpha value is -4.91. The van der Waals surface area contributed by atoms with E-state index in [0.717, 1.165) is 11.1 Å². The Morgan fingerprint density at radius 3 is 2.44 bits per heavy atom. The van der Waals surface area contributed by atoms with Crippen LogP contribution in [-0.2, 0) is 27.8 Å². The number of anilines is 3. The highest BCUT2D eigenvalue weighted by atomic mass is 32.2. The van der Waals surface area contributed by atoms with Gasteiger partial charge in [0.25, 0.3) is 15.9 Å². The number of para-hydroxylation sites is 2. The monoisotopic (exact) mass is 699 g/mol. The molecule has 3 atom stereocenters. The van der Waals surface area contributed by atoms with Crippen LogP contribution in [0.15, 0.2) is 95.9 Å². The molecule has 1 aliphatic heterocycles. The van der Waals surface area contributed by atoms with Crippen molar-refractivity contribution in [2.24, 2.45) is 5.92 Å². The summed E-state index contributed by atoms with van der Waals surface area (Å²) in [5.74, 6) is -0.0566. The van der Waals surface area contributed by atoms with Gasteiger partial charge in [-0.05, 0) is 81.1 Å². The highest BCUT2D eigenvalue weighted by Crippen LogP contribution is 2.30. The fourth-order valence-corrected chi connectivity index (χ4v) is 6.94. The van der Waals surface area contributed by atoms with Gasteiger partial charge in [-0.25, -0.2) is 8.42 Å². The summed E-state index contributed by atoms with van der Waals surface area (Å²) in [5, 5.41) is 12.8. The lowest BCUT2D eigenvalue weighted by Crippen LogP contribution is -2.47. The Morgan fingerprint density at radius 2 is 1.76 bits per heavy atom. The maximum atomic E-state index is 13.6. The number of benzene rings is 4. The van der Waals surface area contributed by atoms with E-state index in [1.54, 1.807) is 84.6 Å². The topological polar surface area (TPSA) is 154 Å². The number of hydrogen-bond donors (Lipinski definition) is 4. The molecule has 2 amide bonds. The number of hydrogen-bond acceptors (Lipinski definition) is 8. The van der Waals surface area contributed by atoms with E-state index >= 15 is 0 Å². The van der Waals surface area contributed by atoms with Gasteiger partial charge in [0.05, 0.1) is 35.3 Å². The second-order valence-electron chi connectivity index (χ2n) is 13.1. The largest absolute Gasteiger partial charge is 0.488 e. The van der Waals surface area contributed by atoms with Crippen molar-refractivity contribution in [3.05, 3.63) is 113 Å². The second-order valence-corrected chi connectivity index (χ2v) is 14.7. The van der Waals surface area contributed by atoms with Crippen molar-refractivity contribution in [3.63, 3.8) is 0 Å². The van der Waals surface area contributed by atoms with Gasteiger partial charge in [0, 0.05) is 42.4 Å². The molecule has 264 valence electrons. The molecular weight excluding hydrogens is 655 g/mol. The number of amides is 2. The molecule has 0 radical (unpaired) electrons. The minimum absolute atomic E-state index is 0.0220. The first-order valence-electron chi connectivity index (χ1n) is 16.6. The van der Waals surface area contributed by atoms with Gasteiger partial charge in [0.15, 0.2) is 0 Å². The quantitative estimate of drug-likeness (QED) is 0.161. The minimum atomic E-state index is -3.86. The fraction of sp³-hybridized carbons (Fsp3) is 0.316. The number of rotatable bonds is 11. The van der Waals surface area contributed by atoms with Gasteiger partial charge in [-0.2, -0.15) is 0 Å². The van der Waals surface area contributed by atoms with Crippen molar-refractivity contribution in [1.82, 2.24) is 9.80 Å². The maximum Gasteiger partial charge on any atom is 0.261 e. The molecule has 11 nitrogen and oxygen atoms in total. The zero-order valence-corrected chi connectivity index (χ0v) is 29.6. The molecule has 0 fully saturated rings. The summed E-state index contributed by atoms with van der Waals surface area (Å²) < 4.78 is 35.5. The molecule has 1 aliphatic rings. The van der Waals surface area contributed by atoms with Crippen LogP contribution in [-0.4, -0.2) is 74.0 Å². The van der Waals surface area contributed by atoms with E-state index in [2.05, 4.69) is 14.9 Å². The summed E-state index contributed by atoms with van der Waals surface area (Å²) in [6.45, 7) is 6.96. The van der Waals surface area contributed by atoms with Gasteiger partial charge >= 0.3 is 0 Å². The first-order valence-corrected chi connectivity index (χ1v) is 18.0. The van der Waals surface area contributed by atoms with Crippen molar-refractivity contribution >= 4 is 38.9 Å². The van der Waals surface area contributed by atoms with Gasteiger partial charge in [-0.1, -0.05) is 48.9 Å². The number of nitrogens with one attached hydrogen (secondary N) is 2. The lowest BCUT2D eigenvalue weighted by atomic mass is 10.0. The third-order valence-electron chi connectivity index (χ3n) is 8.87. The summed E-state index contributed by atoms with van der Waals surface area (Å²) in [4.78, 5) is 30.3. The van der Waals surface area contributed by atoms with Crippen molar-refractivity contribution in [2.45, 2.75) is 50.8 Å². The number of nitrogens with two attached hydrogens (primary N) is 1. The van der Waals surface area contributed by atoms with Crippen molar-refractivity contribution in [1.29, 1.82) is 0 Å². The molecule has 0 aliphatic carbocycles. The Bertz CT molecular complexity index is 1920. The number of aliphatic hydroxyl groups excluding tert-OH is 1. The van der Waals surface area contributed by atoms with Crippen LogP contribution >= 0.6 is 0 Å². The van der Waals surface area contributed by atoms with E-state index < -0.39 is 16.1 Å². The van der Waals surface area contributed by atoms with Crippen molar-refractivity contribution < 1.29 is 27.9 Å². The molecule has 4 aromatic rings. The highest BCUT2D eigenvalue weighted by molar-refractivity contribution is 7.92. The number of likely N-dealkylation sites (N-methyl/N-ethyl adjacent to an activating group) is 1. The van der Waals surface area contributed by atoms with Gasteiger partial charge in [-0.3, -0.25) is 19.2 Å². The molecule has 12 heteroatoms. The number of aliphatic hydroxyl groups is 1. The van der Waals surface area contributed by atoms with Crippen molar-refractivity contribution in [2.75, 3.05) is 42.5 Å². The molecule has 0 saturated heterocycles. The van der Waals surface area contributed by atoms with Crippen LogP contribution in [0.3, 0.4) is 0 Å². The predicted molar refractivity (Wildman–Crippen MR) is 196 cm³/mol. The number of carbonyl (C=O) groups excluding carboxylic acids is 2. The molecule has 50 heavy (non-hydrogen) atoms. The summed E-state index contributed by atoms with van der Waals surface area (Å²) in [7, 11) is -1.89. The van der Waals surface area contributed by atoms with Crippen LogP contribution in [0.25, 0.3) is 0 Å². The van der Waals surface area contributed by atoms with E-state index in [1.165, 1.54) is 0 Å². The smallest absolute Gasteiger partial charge is 0.261 e. The van der Waals surface area contributed by atoms with Crippen LogP contribution in [0.4, 0.5) is 17.1 Å². The van der Waals surface area contributed by atoms with E-state index in [9.17, 15) is 23.1 Å². The van der Waals surface area contributed by atoms with Crippen LogP contribution in [0, 0.1) is 12.8 Å². The number of fused-ring (bicyclic) bond motifs is 1. The molecule has 5 rings (SSSR count). The first-order chi connectivity index (χ1) is 23.8. The Morgan fingerprint density at radius 1 is 1.06 bits per heavy atom. The van der Waals surface area contributed by atoms with E-state index in [0.29, 0.717) is 53.6 Å². The summed E-state index contributed by atoms with van der Waals surface area (Å²) in [5.41, 5.74) is 10.3. The van der Waals surface area contributed by atoms with Gasteiger partial charge in [-0.15, -0.1) is 0 Å². The van der Waals surface area contributed by atoms with Gasteiger partial charge in [0.1, 0.15) is 11.9 Å². The lowest BCUT2D eigenvalue weighted by molar-refractivity contribution is -0.134. The average Bonchev–Trinajstić information content (AvgIpc) is 3.12. The van der Waals surface area contributed by atoms with E-state index in [4.69, 9.17) is 10.5 Å². The number of carbonyl (C=O) groups is 2. The number of ether oxygens (including phenoxy) is 1. The predicted octanol–water partition coefficient (Wildman–Crippen LogP) is 4.91. The standard InChI is InChI=1S/C38H45N5O6S/c1-25-9-16-32(17-10-25)50(47,48)41-31-15-18-35-30(19-31)20-37(45)43(27(3)24-44)21-26(2)36(49-35)23-42(4)22-28-11-13-29(14-12-28)38(46)40-34-8-6-5-7-33(34)39/h5-19,26-27,36,41,44H,20-24,39H2,1-4H3,(H,40,46)/t26-,27-,36-/m1/s1. The van der Waals surface area contributed by atoms with Crippen LogP contribution in [0.5, 0.6) is 5.75 Å². The number of sulfonamides is 1. The van der Waals surface area contributed by atoms with Gasteiger partial charge in [0.2, 0.25) is 5.91 Å². The number of nitrogens with zero attached hydrogens (tertiary/aromatic N) is 2. The summed E-state index contributed by atoms with van der Waals surface area (Å²) >= 11 is 0. The van der Waals surface area contributed by atoms with Crippen molar-refractivity contribution in [3.8, 4) is 5.75 Å². The third kappa shape index (κ3) is 9.00. The molecule has 0 spiro atoms. The second kappa shape index (κ2) is 15.8. The van der Waals surface area contributed by atoms with E-state index in [1.807, 2.05) is 39.1 Å². The lowest BCUT2D eigenvalue weighted by Gasteiger charge is -2.34. The number of nitrogen functional groups attached to an aromatic ring is 1. The Balaban J connectivity index is 1.33. The van der Waals surface area contributed by atoms with E-state index in [-0.39, 0.29) is 41.8 Å². The molecule has 0 bridgehead atoms. The minimum Gasteiger partial charge on any atom is -0.488 e. The first kappa shape index (κ1) is 36.4. The summed E-state index contributed by atoms with van der Waals surface area (Å²) in [6.07, 6.45) is -0.374. The number of aryl methyl sites for hydroxylation is 1. The molecule has 0 aromatic heterocycles. The fourth-order valence-electron chi connectivity index (χ4n) is 5.89. The zero-order valence-electron chi connectivity index (χ0n) is 28.8. The molecule has 4 aromatic carbocycles. The maximum absolute atomic E-state index is 13.6. The zero-order chi connectivity index (χ0) is 36.0. The highest BCUT2D eigenvalue weighted by Gasteiger charge is 2.31. The van der Waals surface area contributed by atoms with Crippen LogP contribution in [0.2, 0.25) is 0 Å². The van der Waals surface area contributed by atoms with Crippen LogP contribution < -0.4 is 20.5 Å². The molecule has 1 heterocycles. The van der Waals surface area contributed by atoms with Gasteiger partial charge < -0.3 is 25.8 Å². The molecule has 5 N–H and O–H groups in total. The summed E-state index contributed by atoms with van der Waals surface area (Å²) in [6, 6.07) is 25.6. The third-order valence-corrected chi connectivity index (χ3v) is 10.3. The molecular formula is C38H45N5O6S. The Labute approximate surface area is 294 Å².